The third kappa shape index (κ3) is 3.71. The van der Waals surface area contributed by atoms with E-state index in [2.05, 4.69) is 26.2 Å². The average Bonchev–Trinajstić information content (AvgIpc) is 2.48. The van der Waals surface area contributed by atoms with Gasteiger partial charge in [0.25, 0.3) is 5.91 Å². The van der Waals surface area contributed by atoms with E-state index >= 15 is 0 Å². The maximum Gasteiger partial charge on any atom is 0.254 e. The summed E-state index contributed by atoms with van der Waals surface area (Å²) in [5.74, 6) is -0.248. The number of pyridine rings is 1. The second-order valence-corrected chi connectivity index (χ2v) is 6.67. The Kier molecular flexibility index (Phi) is 5.41. The molecule has 1 saturated carbocycles. The minimum Gasteiger partial charge on any atom is -0.396 e. The van der Waals surface area contributed by atoms with Crippen molar-refractivity contribution in [3.8, 4) is 0 Å². The third-order valence-electron chi connectivity index (χ3n) is 3.92. The van der Waals surface area contributed by atoms with Crippen LogP contribution in [0.1, 0.15) is 42.5 Å². The van der Waals surface area contributed by atoms with Gasteiger partial charge in [0, 0.05) is 22.6 Å². The summed E-state index contributed by atoms with van der Waals surface area (Å²) >= 11 is 9.21. The molecule has 2 rings (SSSR count). The molecule has 0 saturated heterocycles. The number of halogens is 2. The summed E-state index contributed by atoms with van der Waals surface area (Å²) in [7, 11) is 0. The van der Waals surface area contributed by atoms with E-state index in [1.807, 2.05) is 0 Å². The number of rotatable bonds is 4. The highest BCUT2D eigenvalue weighted by Crippen LogP contribution is 2.35. The highest BCUT2D eigenvalue weighted by molar-refractivity contribution is 9.10. The summed E-state index contributed by atoms with van der Waals surface area (Å²) in [6, 6.07) is 1.65. The van der Waals surface area contributed by atoms with Crippen molar-refractivity contribution in [3.63, 3.8) is 0 Å². The molecule has 6 heteroatoms. The van der Waals surface area contributed by atoms with E-state index in [-0.39, 0.29) is 23.1 Å². The molecule has 1 aromatic heterocycles. The summed E-state index contributed by atoms with van der Waals surface area (Å²) in [6.07, 6.45) is 6.88. The average molecular weight is 362 g/mol. The van der Waals surface area contributed by atoms with Crippen LogP contribution in [0.25, 0.3) is 0 Å². The molecular formula is C14H18BrClN2O2. The smallest absolute Gasteiger partial charge is 0.254 e. The van der Waals surface area contributed by atoms with Gasteiger partial charge in [-0.25, -0.2) is 4.98 Å². The lowest BCUT2D eigenvalue weighted by atomic mass is 9.74. The van der Waals surface area contributed by atoms with Crippen LogP contribution >= 0.6 is 27.5 Å². The lowest BCUT2D eigenvalue weighted by Gasteiger charge is -2.35. The first-order valence-corrected chi connectivity index (χ1v) is 7.93. The maximum absolute atomic E-state index is 12.2. The Labute approximate surface area is 132 Å². The maximum atomic E-state index is 12.2. The Balaban J connectivity index is 2.02. The van der Waals surface area contributed by atoms with Crippen LogP contribution in [0.3, 0.4) is 0 Å². The van der Waals surface area contributed by atoms with Gasteiger partial charge < -0.3 is 10.4 Å². The van der Waals surface area contributed by atoms with E-state index in [4.69, 9.17) is 11.6 Å². The number of hydrogen-bond donors (Lipinski definition) is 2. The van der Waals surface area contributed by atoms with Crippen molar-refractivity contribution in [2.75, 3.05) is 13.2 Å². The zero-order valence-electron chi connectivity index (χ0n) is 11.2. The Morgan fingerprint density at radius 2 is 2.15 bits per heavy atom. The molecule has 1 amide bonds. The molecular weight excluding hydrogens is 344 g/mol. The second-order valence-electron chi connectivity index (χ2n) is 5.39. The predicted octanol–water partition coefficient (Wildman–Crippen LogP) is 3.17. The van der Waals surface area contributed by atoms with Gasteiger partial charge >= 0.3 is 0 Å². The molecule has 1 heterocycles. The van der Waals surface area contributed by atoms with Crippen LogP contribution in [-0.2, 0) is 0 Å². The molecule has 0 radical (unpaired) electrons. The van der Waals surface area contributed by atoms with Gasteiger partial charge in [-0.1, -0.05) is 30.9 Å². The molecule has 20 heavy (non-hydrogen) atoms. The third-order valence-corrected chi connectivity index (χ3v) is 4.66. The Morgan fingerprint density at radius 3 is 2.80 bits per heavy atom. The molecule has 0 aromatic carbocycles. The van der Waals surface area contributed by atoms with Crippen molar-refractivity contribution in [3.05, 3.63) is 27.5 Å². The quantitative estimate of drug-likeness (QED) is 0.810. The number of nitrogens with zero attached hydrogens (tertiary/aromatic N) is 1. The van der Waals surface area contributed by atoms with Crippen LogP contribution in [0.5, 0.6) is 0 Å². The topological polar surface area (TPSA) is 62.2 Å². The van der Waals surface area contributed by atoms with E-state index in [0.29, 0.717) is 16.6 Å². The molecule has 4 nitrogen and oxygen atoms in total. The molecule has 0 bridgehead atoms. The van der Waals surface area contributed by atoms with Crippen LogP contribution in [0.15, 0.2) is 16.7 Å². The van der Waals surface area contributed by atoms with Crippen molar-refractivity contribution in [2.24, 2.45) is 5.41 Å². The van der Waals surface area contributed by atoms with E-state index in [1.165, 1.54) is 6.42 Å². The number of aliphatic hydroxyl groups excluding tert-OH is 1. The first-order chi connectivity index (χ1) is 9.56. The summed E-state index contributed by atoms with van der Waals surface area (Å²) < 4.78 is 0.710. The molecule has 110 valence electrons. The molecule has 2 N–H and O–H groups in total. The minimum absolute atomic E-state index is 0.109. The zero-order valence-corrected chi connectivity index (χ0v) is 13.5. The summed E-state index contributed by atoms with van der Waals surface area (Å²) in [5, 5.41) is 12.7. The minimum atomic E-state index is -0.248. The summed E-state index contributed by atoms with van der Waals surface area (Å²) in [6.45, 7) is 0.586. The number of hydrogen-bond acceptors (Lipinski definition) is 3. The molecule has 0 unspecified atom stereocenters. The fourth-order valence-corrected chi connectivity index (χ4v) is 3.16. The number of nitrogens with one attached hydrogen (secondary N) is 1. The number of carbonyl (C=O) groups is 1. The number of carbonyl (C=O) groups excluding carboxylic acids is 1. The Bertz CT molecular complexity index is 490. The van der Waals surface area contributed by atoms with E-state index in [9.17, 15) is 9.90 Å². The van der Waals surface area contributed by atoms with Crippen LogP contribution < -0.4 is 5.32 Å². The largest absolute Gasteiger partial charge is 0.396 e. The van der Waals surface area contributed by atoms with Gasteiger partial charge in [0.15, 0.2) is 0 Å². The SMILES string of the molecule is O=C(NCC1(CO)CCCCC1)c1cc(Br)cnc1Cl. The van der Waals surface area contributed by atoms with Gasteiger partial charge in [0.05, 0.1) is 12.2 Å². The van der Waals surface area contributed by atoms with Crippen molar-refractivity contribution in [1.82, 2.24) is 10.3 Å². The molecule has 0 spiro atoms. The normalized spacial score (nSPS) is 17.8. The van der Waals surface area contributed by atoms with E-state index in [1.54, 1.807) is 12.3 Å². The summed E-state index contributed by atoms with van der Waals surface area (Å²) in [5.41, 5.74) is 0.171. The van der Waals surface area contributed by atoms with Crippen molar-refractivity contribution in [2.45, 2.75) is 32.1 Å². The van der Waals surface area contributed by atoms with Crippen LogP contribution in [-0.4, -0.2) is 29.1 Å². The van der Waals surface area contributed by atoms with Crippen LogP contribution in [0.2, 0.25) is 5.15 Å². The van der Waals surface area contributed by atoms with Crippen molar-refractivity contribution in [1.29, 1.82) is 0 Å². The van der Waals surface area contributed by atoms with Crippen LogP contribution in [0.4, 0.5) is 0 Å². The van der Waals surface area contributed by atoms with E-state index in [0.717, 1.165) is 25.7 Å². The second kappa shape index (κ2) is 6.87. The summed E-state index contributed by atoms with van der Waals surface area (Å²) in [4.78, 5) is 16.1. The number of amides is 1. The lowest BCUT2D eigenvalue weighted by molar-refractivity contribution is 0.0718. The van der Waals surface area contributed by atoms with Crippen LogP contribution in [0, 0.1) is 5.41 Å². The van der Waals surface area contributed by atoms with Gasteiger partial charge in [-0.15, -0.1) is 0 Å². The van der Waals surface area contributed by atoms with E-state index < -0.39 is 0 Å². The Hall–Kier alpha value is -0.650. The van der Waals surface area contributed by atoms with Gasteiger partial charge in [0.1, 0.15) is 5.15 Å². The van der Waals surface area contributed by atoms with Gasteiger partial charge in [0.2, 0.25) is 0 Å². The molecule has 1 aliphatic carbocycles. The molecule has 1 fully saturated rings. The molecule has 1 aromatic rings. The standard InChI is InChI=1S/C14H18BrClN2O2/c15-10-6-11(12(16)17-7-10)13(20)18-8-14(9-19)4-2-1-3-5-14/h6-7,19H,1-5,8-9H2,(H,18,20). The molecule has 1 aliphatic rings. The molecule has 0 atom stereocenters. The monoisotopic (exact) mass is 360 g/mol. The fourth-order valence-electron chi connectivity index (χ4n) is 2.64. The number of aliphatic hydroxyl groups is 1. The van der Waals surface area contributed by atoms with Gasteiger partial charge in [-0.3, -0.25) is 4.79 Å². The first kappa shape index (κ1) is 15.7. The number of aromatic nitrogens is 1. The fraction of sp³-hybridized carbons (Fsp3) is 0.571. The zero-order chi connectivity index (χ0) is 14.6. The first-order valence-electron chi connectivity index (χ1n) is 6.76. The van der Waals surface area contributed by atoms with Gasteiger partial charge in [-0.2, -0.15) is 0 Å². The Morgan fingerprint density at radius 1 is 1.45 bits per heavy atom. The van der Waals surface area contributed by atoms with Gasteiger partial charge in [-0.05, 0) is 34.8 Å². The van der Waals surface area contributed by atoms with Crippen molar-refractivity contribution >= 4 is 33.4 Å². The lowest BCUT2D eigenvalue weighted by Crippen LogP contribution is -2.41. The highest BCUT2D eigenvalue weighted by atomic mass is 79.9. The predicted molar refractivity (Wildman–Crippen MR) is 81.9 cm³/mol. The molecule has 0 aliphatic heterocycles. The highest BCUT2D eigenvalue weighted by Gasteiger charge is 2.32. The van der Waals surface area contributed by atoms with Crippen molar-refractivity contribution < 1.29 is 9.90 Å².